The fourth-order valence-electron chi connectivity index (χ4n) is 0.828. The molecule has 1 aromatic heterocycles. The third kappa shape index (κ3) is 2.43. The zero-order valence-corrected chi connectivity index (χ0v) is 8.58. The van der Waals surface area contributed by atoms with E-state index in [1.165, 1.54) is 0 Å². The van der Waals surface area contributed by atoms with E-state index in [1.54, 1.807) is 6.92 Å². The van der Waals surface area contributed by atoms with Gasteiger partial charge in [0.2, 0.25) is 0 Å². The number of hydrogen-bond donors (Lipinski definition) is 0. The molecule has 1 aromatic rings. The summed E-state index contributed by atoms with van der Waals surface area (Å²) in [6.45, 7) is 1.78. The molecule has 64 valence electrons. The van der Waals surface area contributed by atoms with Gasteiger partial charge in [0.25, 0.3) is 0 Å². The summed E-state index contributed by atoms with van der Waals surface area (Å²) in [4.78, 5) is 24.2. The summed E-state index contributed by atoms with van der Waals surface area (Å²) in [6.07, 6.45) is 0.547. The van der Waals surface area contributed by atoms with Crippen molar-refractivity contribution >= 4 is 26.1 Å². The zero-order chi connectivity index (χ0) is 8.97. The van der Waals surface area contributed by atoms with Gasteiger partial charge in [-0.2, -0.15) is 0 Å². The van der Waals surface area contributed by atoms with Gasteiger partial charge in [0, 0.05) is 0 Å². The second kappa shape index (κ2) is 4.39. The van der Waals surface area contributed by atoms with E-state index in [0.29, 0.717) is 6.42 Å². The van der Waals surface area contributed by atoms with E-state index < -0.39 is 0 Å². The van der Waals surface area contributed by atoms with E-state index in [4.69, 9.17) is 0 Å². The van der Waals surface area contributed by atoms with Crippen LogP contribution in [0.2, 0.25) is 0 Å². The molecule has 0 bridgehead atoms. The first-order valence-electron chi connectivity index (χ1n) is 3.82. The predicted octanol–water partition coefficient (Wildman–Crippen LogP) is 1.30. The van der Waals surface area contributed by atoms with E-state index in [1.807, 2.05) is 17.1 Å². The summed E-state index contributed by atoms with van der Waals surface area (Å²) in [6, 6.07) is 3.69. The molecule has 0 atom stereocenters. The van der Waals surface area contributed by atoms with Crippen LogP contribution in [0.15, 0.2) is 17.1 Å². The molecule has 0 aliphatic heterocycles. The van der Waals surface area contributed by atoms with Crippen LogP contribution in [0.25, 0.3) is 0 Å². The Balaban J connectivity index is 2.56. The number of carbonyl (C=O) groups is 2. The normalized spacial score (nSPS) is 9.75. The van der Waals surface area contributed by atoms with Crippen LogP contribution in [0.4, 0.5) is 0 Å². The van der Waals surface area contributed by atoms with Crippen molar-refractivity contribution in [1.29, 1.82) is 0 Å². The van der Waals surface area contributed by atoms with Crippen molar-refractivity contribution in [2.24, 2.45) is 0 Å². The fourth-order valence-corrected chi connectivity index (χ4v) is 2.22. The first-order chi connectivity index (χ1) is 5.74. The molecule has 0 unspecified atom stereocenters. The number of carbonyl (C=O) groups excluding carboxylic acids is 2. The van der Waals surface area contributed by atoms with Crippen LogP contribution in [-0.2, 0) is 4.79 Å². The van der Waals surface area contributed by atoms with Gasteiger partial charge in [-0.15, -0.1) is 0 Å². The van der Waals surface area contributed by atoms with Gasteiger partial charge in [-0.05, 0) is 0 Å². The van der Waals surface area contributed by atoms with Crippen molar-refractivity contribution in [3.8, 4) is 0 Å². The Morgan fingerprint density at radius 2 is 2.25 bits per heavy atom. The van der Waals surface area contributed by atoms with Crippen LogP contribution in [0.5, 0.6) is 0 Å². The molecule has 12 heavy (non-hydrogen) atoms. The molecule has 3 heteroatoms. The van der Waals surface area contributed by atoms with Crippen molar-refractivity contribution in [2.75, 3.05) is 0 Å². The third-order valence-corrected chi connectivity index (χ3v) is 3.46. The molecule has 0 aromatic carbocycles. The molecule has 1 heterocycles. The van der Waals surface area contributed by atoms with Crippen LogP contribution in [-0.4, -0.2) is 26.1 Å². The van der Waals surface area contributed by atoms with Crippen molar-refractivity contribution in [1.82, 2.24) is 0 Å². The van der Waals surface area contributed by atoms with Crippen LogP contribution in [0.1, 0.15) is 29.0 Å². The van der Waals surface area contributed by atoms with Crippen molar-refractivity contribution in [3.63, 3.8) is 0 Å². The molecule has 0 N–H and O–H groups in total. The standard InChI is InChI=1S/C9H10O2Se/c1-2-7(10)6-8(11)9-4-3-5-12-9/h3-5H,2,6H2,1H3. The van der Waals surface area contributed by atoms with Crippen molar-refractivity contribution in [3.05, 3.63) is 21.5 Å². The molecule has 0 amide bonds. The second-order valence-corrected chi connectivity index (χ2v) is 4.46. The van der Waals surface area contributed by atoms with Crippen LogP contribution >= 0.6 is 0 Å². The number of ketones is 2. The number of Topliss-reactive ketones (excluding diaryl/α,β-unsaturated/α-hetero) is 2. The van der Waals surface area contributed by atoms with Gasteiger partial charge in [0.15, 0.2) is 0 Å². The molecule has 0 saturated heterocycles. The van der Waals surface area contributed by atoms with Gasteiger partial charge in [-0.3, -0.25) is 0 Å². The average molecular weight is 229 g/mol. The molecule has 0 aliphatic rings. The number of rotatable bonds is 4. The van der Waals surface area contributed by atoms with Gasteiger partial charge in [0.1, 0.15) is 0 Å². The van der Waals surface area contributed by atoms with Gasteiger partial charge in [-0.25, -0.2) is 0 Å². The van der Waals surface area contributed by atoms with Gasteiger partial charge in [-0.1, -0.05) is 0 Å². The summed E-state index contributed by atoms with van der Waals surface area (Å²) in [7, 11) is 0. The minimum atomic E-state index is 0.00634. The minimum absolute atomic E-state index is 0.00634. The van der Waals surface area contributed by atoms with Crippen LogP contribution in [0.3, 0.4) is 0 Å². The fraction of sp³-hybridized carbons (Fsp3) is 0.333. The summed E-state index contributed by atoms with van der Waals surface area (Å²) >= 11 is 0.172. The monoisotopic (exact) mass is 230 g/mol. The quantitative estimate of drug-likeness (QED) is 0.443. The van der Waals surface area contributed by atoms with Gasteiger partial charge in [0.05, 0.1) is 0 Å². The van der Waals surface area contributed by atoms with E-state index >= 15 is 0 Å². The Morgan fingerprint density at radius 1 is 1.50 bits per heavy atom. The second-order valence-electron chi connectivity index (χ2n) is 2.47. The van der Waals surface area contributed by atoms with Crippen molar-refractivity contribution in [2.45, 2.75) is 19.8 Å². The number of hydrogen-bond acceptors (Lipinski definition) is 2. The van der Waals surface area contributed by atoms with Gasteiger partial charge >= 0.3 is 76.9 Å². The summed E-state index contributed by atoms with van der Waals surface area (Å²) < 4.78 is 0.823. The van der Waals surface area contributed by atoms with Crippen LogP contribution in [0, 0.1) is 0 Å². The van der Waals surface area contributed by atoms with Gasteiger partial charge < -0.3 is 0 Å². The predicted molar refractivity (Wildman–Crippen MR) is 47.6 cm³/mol. The maximum absolute atomic E-state index is 11.3. The molecule has 0 saturated carbocycles. The Hall–Kier alpha value is -0.661. The molecule has 0 spiro atoms. The molecular formula is C9H10O2Se. The van der Waals surface area contributed by atoms with E-state index in [0.717, 1.165) is 4.44 Å². The van der Waals surface area contributed by atoms with Crippen LogP contribution < -0.4 is 0 Å². The van der Waals surface area contributed by atoms with E-state index in [9.17, 15) is 9.59 Å². The zero-order valence-electron chi connectivity index (χ0n) is 6.87. The average Bonchev–Trinajstić information content (AvgIpc) is 2.56. The van der Waals surface area contributed by atoms with E-state index in [2.05, 4.69) is 0 Å². The summed E-state index contributed by atoms with van der Waals surface area (Å²) in [5.74, 6) is 0.0375. The molecular weight excluding hydrogens is 219 g/mol. The van der Waals surface area contributed by atoms with Crippen molar-refractivity contribution < 1.29 is 9.59 Å². The molecule has 0 aliphatic carbocycles. The summed E-state index contributed by atoms with van der Waals surface area (Å²) in [5.41, 5.74) is 0. The Kier molecular flexibility index (Phi) is 3.45. The molecule has 1 rings (SSSR count). The summed E-state index contributed by atoms with van der Waals surface area (Å²) in [5, 5.41) is 0. The molecule has 0 radical (unpaired) electrons. The first-order valence-corrected chi connectivity index (χ1v) is 5.67. The van der Waals surface area contributed by atoms with E-state index in [-0.39, 0.29) is 32.5 Å². The third-order valence-electron chi connectivity index (χ3n) is 1.55. The Labute approximate surface area is 77.3 Å². The first kappa shape index (κ1) is 9.43. The topological polar surface area (TPSA) is 34.1 Å². The molecule has 2 nitrogen and oxygen atoms in total. The Bertz CT molecular complexity index is 275. The maximum atomic E-state index is 11.3. The Morgan fingerprint density at radius 3 is 2.75 bits per heavy atom. The SMILES string of the molecule is CCC(=O)CC(=O)c1ccc[se]1. The molecule has 0 fully saturated rings.